The monoisotopic (exact) mass is 577 g/mol. The zero-order valence-corrected chi connectivity index (χ0v) is 25.4. The zero-order valence-electron chi connectivity index (χ0n) is 25.4. The molecule has 226 valence electrons. The summed E-state index contributed by atoms with van der Waals surface area (Å²) < 4.78 is 0. The number of aromatic nitrogens is 2. The van der Waals surface area contributed by atoms with E-state index in [0.717, 1.165) is 103 Å². The van der Waals surface area contributed by atoms with E-state index in [-0.39, 0.29) is 0 Å². The Balaban J connectivity index is 1.35. The van der Waals surface area contributed by atoms with E-state index < -0.39 is 0 Å². The predicted octanol–water partition coefficient (Wildman–Crippen LogP) is 4.71. The summed E-state index contributed by atoms with van der Waals surface area (Å²) in [5.41, 5.74) is 7.47. The van der Waals surface area contributed by atoms with Crippen LogP contribution in [-0.2, 0) is 26.2 Å². The fraction of sp³-hybridized carbons (Fsp3) is 0.389. The van der Waals surface area contributed by atoms with Crippen molar-refractivity contribution in [3.8, 4) is 11.1 Å². The number of benzene rings is 2. The third-order valence-corrected chi connectivity index (χ3v) is 7.95. The molecule has 0 atom stereocenters. The lowest BCUT2D eigenvalue weighted by atomic mass is 9.94. The summed E-state index contributed by atoms with van der Waals surface area (Å²) in [6, 6.07) is 30.2. The van der Waals surface area contributed by atoms with Gasteiger partial charge in [0.1, 0.15) is 0 Å². The first-order chi connectivity index (χ1) is 21.3. The summed E-state index contributed by atoms with van der Waals surface area (Å²) in [6.07, 6.45) is 6.07. The third kappa shape index (κ3) is 10.3. The molecule has 0 radical (unpaired) electrons. The molecule has 3 N–H and O–H groups in total. The Hall–Kier alpha value is -3.46. The van der Waals surface area contributed by atoms with E-state index in [0.29, 0.717) is 0 Å². The molecule has 1 fully saturated rings. The minimum absolute atomic E-state index is 0.762. The van der Waals surface area contributed by atoms with E-state index in [4.69, 9.17) is 0 Å². The van der Waals surface area contributed by atoms with Crippen LogP contribution in [0.4, 0.5) is 0 Å². The largest absolute Gasteiger partial charge is 0.315 e. The average molecular weight is 578 g/mol. The molecule has 3 heterocycles. The van der Waals surface area contributed by atoms with Crippen LogP contribution in [-0.4, -0.2) is 72.1 Å². The Morgan fingerprint density at radius 3 is 1.74 bits per heavy atom. The molecule has 43 heavy (non-hydrogen) atoms. The van der Waals surface area contributed by atoms with Gasteiger partial charge in [0, 0.05) is 64.8 Å². The Kier molecular flexibility index (Phi) is 12.7. The fourth-order valence-corrected chi connectivity index (χ4v) is 5.76. The first kappa shape index (κ1) is 31.0. The van der Waals surface area contributed by atoms with Crippen molar-refractivity contribution in [3.63, 3.8) is 0 Å². The van der Waals surface area contributed by atoms with Crippen LogP contribution in [0.3, 0.4) is 0 Å². The molecule has 7 nitrogen and oxygen atoms in total. The Morgan fingerprint density at radius 1 is 0.535 bits per heavy atom. The quantitative estimate of drug-likeness (QED) is 0.266. The molecule has 2 aromatic carbocycles. The molecule has 0 spiro atoms. The van der Waals surface area contributed by atoms with Gasteiger partial charge in [-0.3, -0.25) is 19.8 Å². The van der Waals surface area contributed by atoms with Crippen LogP contribution < -0.4 is 16.0 Å². The number of pyridine rings is 2. The predicted molar refractivity (Wildman–Crippen MR) is 176 cm³/mol. The van der Waals surface area contributed by atoms with Gasteiger partial charge in [0.05, 0.1) is 11.4 Å². The lowest BCUT2D eigenvalue weighted by Crippen LogP contribution is -2.36. The van der Waals surface area contributed by atoms with Gasteiger partial charge in [-0.25, -0.2) is 0 Å². The number of hydrogen-bond donors (Lipinski definition) is 3. The first-order valence-electron chi connectivity index (χ1n) is 15.9. The number of nitrogens with zero attached hydrogens (tertiary/aromatic N) is 4. The number of hydrogen-bond acceptors (Lipinski definition) is 7. The zero-order chi connectivity index (χ0) is 29.4. The Morgan fingerprint density at radius 2 is 1.09 bits per heavy atom. The van der Waals surface area contributed by atoms with Gasteiger partial charge in [-0.05, 0) is 85.5 Å². The maximum Gasteiger partial charge on any atom is 0.0544 e. The highest BCUT2D eigenvalue weighted by molar-refractivity contribution is 5.70. The molecule has 1 saturated heterocycles. The summed E-state index contributed by atoms with van der Waals surface area (Å²) in [6.45, 7) is 11.7. The molecule has 7 heteroatoms. The van der Waals surface area contributed by atoms with Crippen LogP contribution >= 0.6 is 0 Å². The maximum atomic E-state index is 4.63. The molecule has 1 aliphatic rings. The standard InChI is InChI=1S/C36H47N7/c1-3-15-35(31(11-1)27-42-25-10-19-38-23-22-37-17-9-18-39-24-26-42)36-16-4-2-12-32(36)28-43(29-33-13-5-7-20-40-33)30-34-14-6-8-21-41-34/h1-8,11-16,20-21,37-39H,9-10,17-19,22-30H2. The highest BCUT2D eigenvalue weighted by Crippen LogP contribution is 2.29. The maximum absolute atomic E-state index is 4.63. The third-order valence-electron chi connectivity index (χ3n) is 7.95. The second kappa shape index (κ2) is 17.6. The minimum Gasteiger partial charge on any atom is -0.315 e. The topological polar surface area (TPSA) is 68.4 Å². The normalized spacial score (nSPS) is 16.1. The lowest BCUT2D eigenvalue weighted by Gasteiger charge is -2.26. The van der Waals surface area contributed by atoms with Crippen LogP contribution in [0.2, 0.25) is 0 Å². The summed E-state index contributed by atoms with van der Waals surface area (Å²) >= 11 is 0. The van der Waals surface area contributed by atoms with Gasteiger partial charge in [-0.2, -0.15) is 0 Å². The van der Waals surface area contributed by atoms with E-state index in [2.05, 4.69) is 109 Å². The van der Waals surface area contributed by atoms with Gasteiger partial charge in [0.15, 0.2) is 0 Å². The van der Waals surface area contributed by atoms with Crippen molar-refractivity contribution in [1.29, 1.82) is 0 Å². The molecule has 0 bridgehead atoms. The van der Waals surface area contributed by atoms with Crippen molar-refractivity contribution >= 4 is 0 Å². The first-order valence-corrected chi connectivity index (χ1v) is 15.9. The van der Waals surface area contributed by atoms with Gasteiger partial charge >= 0.3 is 0 Å². The number of nitrogens with one attached hydrogen (secondary N) is 3. The minimum atomic E-state index is 0.762. The Labute approximate surface area is 257 Å². The second-order valence-corrected chi connectivity index (χ2v) is 11.3. The van der Waals surface area contributed by atoms with E-state index >= 15 is 0 Å². The van der Waals surface area contributed by atoms with Gasteiger partial charge in [0.2, 0.25) is 0 Å². The highest BCUT2D eigenvalue weighted by Gasteiger charge is 2.16. The van der Waals surface area contributed by atoms with E-state index in [1.165, 1.54) is 22.3 Å². The molecular weight excluding hydrogens is 530 g/mol. The van der Waals surface area contributed by atoms with Crippen LogP contribution in [0.15, 0.2) is 97.3 Å². The smallest absolute Gasteiger partial charge is 0.0544 e. The highest BCUT2D eigenvalue weighted by atomic mass is 15.1. The number of rotatable bonds is 9. The van der Waals surface area contributed by atoms with Gasteiger partial charge in [0.25, 0.3) is 0 Å². The van der Waals surface area contributed by atoms with Crippen molar-refractivity contribution in [2.45, 2.75) is 39.0 Å². The summed E-state index contributed by atoms with van der Waals surface area (Å²) in [5.74, 6) is 0. The van der Waals surface area contributed by atoms with Crippen molar-refractivity contribution in [2.24, 2.45) is 0 Å². The van der Waals surface area contributed by atoms with Crippen LogP contribution in [0.5, 0.6) is 0 Å². The van der Waals surface area contributed by atoms with Crippen LogP contribution in [0.1, 0.15) is 35.4 Å². The molecule has 0 amide bonds. The van der Waals surface area contributed by atoms with Gasteiger partial charge in [-0.1, -0.05) is 60.7 Å². The summed E-state index contributed by atoms with van der Waals surface area (Å²) in [5, 5.41) is 10.8. The summed E-state index contributed by atoms with van der Waals surface area (Å²) in [4.78, 5) is 14.3. The molecule has 0 aliphatic carbocycles. The molecule has 0 saturated carbocycles. The Bertz CT molecular complexity index is 1280. The van der Waals surface area contributed by atoms with Crippen molar-refractivity contribution in [1.82, 2.24) is 35.7 Å². The van der Waals surface area contributed by atoms with E-state index in [1.807, 2.05) is 24.5 Å². The van der Waals surface area contributed by atoms with Gasteiger partial charge in [-0.15, -0.1) is 0 Å². The van der Waals surface area contributed by atoms with Crippen LogP contribution in [0, 0.1) is 0 Å². The lowest BCUT2D eigenvalue weighted by molar-refractivity contribution is 0.242. The fourth-order valence-electron chi connectivity index (χ4n) is 5.76. The molecular formula is C36H47N7. The molecule has 4 aromatic rings. The molecule has 0 unspecified atom stereocenters. The molecule has 2 aromatic heterocycles. The second-order valence-electron chi connectivity index (χ2n) is 11.3. The van der Waals surface area contributed by atoms with Crippen molar-refractivity contribution in [3.05, 3.63) is 120 Å². The SMILES string of the molecule is c1ccc(CN(Cc2ccccn2)Cc2ccccc2-c2ccccc2CN2CCCNCCNCCCNCC2)nc1. The van der Waals surface area contributed by atoms with E-state index in [9.17, 15) is 0 Å². The van der Waals surface area contributed by atoms with Crippen molar-refractivity contribution < 1.29 is 0 Å². The average Bonchev–Trinajstić information content (AvgIpc) is 3.04. The summed E-state index contributed by atoms with van der Waals surface area (Å²) in [7, 11) is 0. The molecule has 5 rings (SSSR count). The van der Waals surface area contributed by atoms with Crippen LogP contribution in [0.25, 0.3) is 11.1 Å². The molecule has 1 aliphatic heterocycles. The van der Waals surface area contributed by atoms with E-state index in [1.54, 1.807) is 0 Å². The van der Waals surface area contributed by atoms with Crippen molar-refractivity contribution in [2.75, 3.05) is 52.4 Å². The van der Waals surface area contributed by atoms with Gasteiger partial charge < -0.3 is 16.0 Å².